The van der Waals surface area contributed by atoms with Crippen molar-refractivity contribution in [3.8, 4) is 11.5 Å². The van der Waals surface area contributed by atoms with E-state index in [9.17, 15) is 8.42 Å². The van der Waals surface area contributed by atoms with Crippen LogP contribution in [0.15, 0.2) is 12.1 Å². The van der Waals surface area contributed by atoms with E-state index in [-0.39, 0.29) is 6.10 Å². The minimum absolute atomic E-state index is 0.201. The number of hydrogen-bond acceptors (Lipinski definition) is 5. The van der Waals surface area contributed by atoms with Crippen LogP contribution in [-0.2, 0) is 23.0 Å². The van der Waals surface area contributed by atoms with Gasteiger partial charge in [-0.2, -0.15) is 0 Å². The van der Waals surface area contributed by atoms with Crippen LogP contribution >= 0.6 is 0 Å². The number of fused-ring (bicyclic) bond motifs is 1. The fraction of sp³-hybridized carbons (Fsp3) is 0.571. The quantitative estimate of drug-likeness (QED) is 0.723. The van der Waals surface area contributed by atoms with Crippen LogP contribution < -0.4 is 19.5 Å². The monoisotopic (exact) mass is 314 g/mol. The number of ether oxygens (including phenoxy) is 2. The Morgan fingerprint density at radius 2 is 2.14 bits per heavy atom. The molecule has 0 aliphatic carbocycles. The highest BCUT2D eigenvalue weighted by molar-refractivity contribution is 7.88. The van der Waals surface area contributed by atoms with Crippen molar-refractivity contribution in [1.29, 1.82) is 0 Å². The van der Waals surface area contributed by atoms with Crippen LogP contribution in [0.25, 0.3) is 0 Å². The molecule has 1 aromatic carbocycles. The molecule has 118 valence electrons. The van der Waals surface area contributed by atoms with Gasteiger partial charge in [-0.3, -0.25) is 0 Å². The molecule has 0 fully saturated rings. The van der Waals surface area contributed by atoms with Gasteiger partial charge in [-0.1, -0.05) is 0 Å². The second-order valence-corrected chi connectivity index (χ2v) is 7.08. The van der Waals surface area contributed by atoms with Gasteiger partial charge < -0.3 is 14.8 Å². The molecule has 0 spiro atoms. The highest BCUT2D eigenvalue weighted by Crippen LogP contribution is 2.34. The van der Waals surface area contributed by atoms with Crippen molar-refractivity contribution in [3.05, 3.63) is 23.3 Å². The van der Waals surface area contributed by atoms with Crippen LogP contribution in [0.1, 0.15) is 18.1 Å². The van der Waals surface area contributed by atoms with Gasteiger partial charge in [-0.15, -0.1) is 0 Å². The van der Waals surface area contributed by atoms with Crippen LogP contribution in [0.5, 0.6) is 11.5 Å². The molecule has 6 nitrogen and oxygen atoms in total. The van der Waals surface area contributed by atoms with Crippen molar-refractivity contribution >= 4 is 10.0 Å². The molecule has 2 N–H and O–H groups in total. The van der Waals surface area contributed by atoms with Crippen molar-refractivity contribution < 1.29 is 17.9 Å². The first-order valence-electron chi connectivity index (χ1n) is 6.91. The Bertz CT molecular complexity index is 601. The maximum Gasteiger partial charge on any atom is 0.208 e. The second kappa shape index (κ2) is 6.64. The van der Waals surface area contributed by atoms with Crippen LogP contribution in [0.3, 0.4) is 0 Å². The number of methoxy groups -OCH3 is 1. The lowest BCUT2D eigenvalue weighted by atomic mass is 10.1. The lowest BCUT2D eigenvalue weighted by Crippen LogP contribution is -2.30. The molecule has 7 heteroatoms. The van der Waals surface area contributed by atoms with Crippen molar-refractivity contribution in [1.82, 2.24) is 10.0 Å². The van der Waals surface area contributed by atoms with E-state index >= 15 is 0 Å². The van der Waals surface area contributed by atoms with Crippen LogP contribution in [0, 0.1) is 0 Å². The van der Waals surface area contributed by atoms with Crippen LogP contribution in [0.2, 0.25) is 0 Å². The third-order valence-electron chi connectivity index (χ3n) is 3.28. The number of nitrogens with one attached hydrogen (secondary N) is 2. The fourth-order valence-electron chi connectivity index (χ4n) is 2.36. The van der Waals surface area contributed by atoms with Crippen molar-refractivity contribution in [2.24, 2.45) is 0 Å². The zero-order valence-corrected chi connectivity index (χ0v) is 13.4. The molecule has 2 rings (SSSR count). The summed E-state index contributed by atoms with van der Waals surface area (Å²) in [6, 6.07) is 4.01. The molecule has 1 aliphatic heterocycles. The normalized spacial score (nSPS) is 17.4. The maximum atomic E-state index is 10.9. The fourth-order valence-corrected chi connectivity index (χ4v) is 2.83. The highest BCUT2D eigenvalue weighted by Gasteiger charge is 2.21. The molecule has 1 heterocycles. The topological polar surface area (TPSA) is 76.7 Å². The van der Waals surface area contributed by atoms with Crippen LogP contribution in [0.4, 0.5) is 0 Å². The average molecular weight is 314 g/mol. The number of sulfonamides is 1. The lowest BCUT2D eigenvalue weighted by Gasteiger charge is -2.12. The predicted octanol–water partition coefficient (Wildman–Crippen LogP) is 0.657. The maximum absolute atomic E-state index is 10.9. The summed E-state index contributed by atoms with van der Waals surface area (Å²) in [6.45, 7) is 3.55. The minimum atomic E-state index is -3.13. The Kier molecular flexibility index (Phi) is 5.08. The number of hydrogen-bond donors (Lipinski definition) is 2. The van der Waals surface area contributed by atoms with Gasteiger partial charge in [-0.25, -0.2) is 13.1 Å². The first kappa shape index (κ1) is 16.1. The van der Waals surface area contributed by atoms with E-state index in [1.807, 2.05) is 19.1 Å². The molecule has 0 amide bonds. The van der Waals surface area contributed by atoms with E-state index in [0.717, 1.165) is 29.7 Å². The summed E-state index contributed by atoms with van der Waals surface area (Å²) in [6.07, 6.45) is 2.25. The van der Waals surface area contributed by atoms with Gasteiger partial charge in [0.05, 0.1) is 13.4 Å². The molecule has 0 aromatic heterocycles. The predicted molar refractivity (Wildman–Crippen MR) is 81.3 cm³/mol. The van der Waals surface area contributed by atoms with E-state index in [1.54, 1.807) is 7.11 Å². The van der Waals surface area contributed by atoms with Gasteiger partial charge in [-0.05, 0) is 19.1 Å². The van der Waals surface area contributed by atoms with E-state index in [0.29, 0.717) is 19.6 Å². The average Bonchev–Trinajstić information content (AvgIpc) is 2.75. The van der Waals surface area contributed by atoms with Gasteiger partial charge in [0.25, 0.3) is 0 Å². The van der Waals surface area contributed by atoms with Crippen LogP contribution in [-0.4, -0.2) is 41.0 Å². The summed E-state index contributed by atoms with van der Waals surface area (Å²) in [5.74, 6) is 1.74. The molecule has 0 radical (unpaired) electrons. The summed E-state index contributed by atoms with van der Waals surface area (Å²) < 4.78 is 35.5. The summed E-state index contributed by atoms with van der Waals surface area (Å²) in [5.41, 5.74) is 2.17. The molecule has 21 heavy (non-hydrogen) atoms. The standard InChI is InChI=1S/C14H22N2O4S/c1-10-6-11-7-13(19-2)12(8-14(11)20-10)9-15-4-5-16-21(3,17)18/h7-8,10,15-16H,4-6,9H2,1-3H3. The zero-order chi connectivity index (χ0) is 15.5. The molecule has 1 unspecified atom stereocenters. The molecule has 0 bridgehead atoms. The van der Waals surface area contributed by atoms with E-state index in [4.69, 9.17) is 9.47 Å². The van der Waals surface area contributed by atoms with Gasteiger partial charge in [0, 0.05) is 37.2 Å². The largest absolute Gasteiger partial charge is 0.496 e. The third-order valence-corrected chi connectivity index (χ3v) is 4.01. The van der Waals surface area contributed by atoms with Crippen molar-refractivity contribution in [2.75, 3.05) is 26.5 Å². The molecule has 0 saturated heterocycles. The molecular weight excluding hydrogens is 292 g/mol. The summed E-state index contributed by atoms with van der Waals surface area (Å²) >= 11 is 0. The Hall–Kier alpha value is -1.31. The van der Waals surface area contributed by atoms with Crippen molar-refractivity contribution in [3.63, 3.8) is 0 Å². The second-order valence-electron chi connectivity index (χ2n) is 5.25. The first-order valence-corrected chi connectivity index (χ1v) is 8.80. The zero-order valence-electron chi connectivity index (χ0n) is 12.6. The Morgan fingerprint density at radius 1 is 1.38 bits per heavy atom. The third kappa shape index (κ3) is 4.59. The molecule has 1 atom stereocenters. The number of rotatable bonds is 7. The van der Waals surface area contributed by atoms with Gasteiger partial charge >= 0.3 is 0 Å². The lowest BCUT2D eigenvalue weighted by molar-refractivity contribution is 0.254. The molecular formula is C14H22N2O4S. The number of benzene rings is 1. The van der Waals surface area contributed by atoms with E-state index < -0.39 is 10.0 Å². The summed E-state index contributed by atoms with van der Waals surface area (Å²) in [4.78, 5) is 0. The van der Waals surface area contributed by atoms with E-state index in [1.165, 1.54) is 5.56 Å². The Balaban J connectivity index is 1.92. The Morgan fingerprint density at radius 3 is 2.81 bits per heavy atom. The van der Waals surface area contributed by atoms with Gasteiger partial charge in [0.2, 0.25) is 10.0 Å². The van der Waals surface area contributed by atoms with Crippen molar-refractivity contribution in [2.45, 2.75) is 26.0 Å². The highest BCUT2D eigenvalue weighted by atomic mass is 32.2. The van der Waals surface area contributed by atoms with Gasteiger partial charge in [0.1, 0.15) is 17.6 Å². The minimum Gasteiger partial charge on any atom is -0.496 e. The smallest absolute Gasteiger partial charge is 0.208 e. The SMILES string of the molecule is COc1cc2c(cc1CNCCNS(C)(=O)=O)OC(C)C2. The van der Waals surface area contributed by atoms with Gasteiger partial charge in [0.15, 0.2) is 0 Å². The first-order chi connectivity index (χ1) is 9.89. The molecule has 1 aliphatic rings. The van der Waals surface area contributed by atoms with E-state index in [2.05, 4.69) is 10.0 Å². The summed E-state index contributed by atoms with van der Waals surface area (Å²) in [5, 5.41) is 3.19. The Labute approximate surface area is 125 Å². The summed E-state index contributed by atoms with van der Waals surface area (Å²) in [7, 11) is -1.48. The molecule has 1 aromatic rings. The molecule has 0 saturated carbocycles.